The van der Waals surface area contributed by atoms with Crippen molar-refractivity contribution < 1.29 is 4.79 Å². The van der Waals surface area contributed by atoms with Gasteiger partial charge in [0.25, 0.3) is 0 Å². The molecule has 0 aliphatic rings. The molecule has 3 nitrogen and oxygen atoms in total. The number of carbonyl (C=O) groups is 1. The molecule has 2 heterocycles. The van der Waals surface area contributed by atoms with Crippen LogP contribution in [0.3, 0.4) is 0 Å². The lowest BCUT2D eigenvalue weighted by atomic mass is 10.2. The molecule has 0 saturated heterocycles. The van der Waals surface area contributed by atoms with E-state index in [9.17, 15) is 4.79 Å². The molecule has 1 aromatic carbocycles. The molecule has 0 radical (unpaired) electrons. The van der Waals surface area contributed by atoms with Crippen LogP contribution in [0.2, 0.25) is 0 Å². The second-order valence-corrected chi connectivity index (χ2v) is 5.83. The molecule has 0 fully saturated rings. The standard InChI is InChI=1S/C20H14N2OS/c23-20(12-10-17-6-1-2-13-21-17)22-18-7-3-5-16(15-18)9-11-19-8-4-14-24-19/h1-8,10,12-15H,(H,22,23)/b12-10+. The highest BCUT2D eigenvalue weighted by Crippen LogP contribution is 2.11. The quantitative estimate of drug-likeness (QED) is 0.578. The number of hydrogen-bond acceptors (Lipinski definition) is 3. The Bertz CT molecular complexity index is 904. The molecule has 0 aliphatic carbocycles. The third-order valence-corrected chi connectivity index (χ3v) is 3.86. The van der Waals surface area contributed by atoms with Crippen LogP contribution in [0, 0.1) is 11.8 Å². The zero-order valence-corrected chi connectivity index (χ0v) is 13.6. The smallest absolute Gasteiger partial charge is 0.248 e. The lowest BCUT2D eigenvalue weighted by molar-refractivity contribution is -0.111. The number of aromatic nitrogens is 1. The van der Waals surface area contributed by atoms with Gasteiger partial charge in [-0.05, 0) is 47.9 Å². The first-order valence-electron chi connectivity index (χ1n) is 7.35. The van der Waals surface area contributed by atoms with Gasteiger partial charge < -0.3 is 5.32 Å². The Morgan fingerprint density at radius 2 is 2.04 bits per heavy atom. The number of nitrogens with one attached hydrogen (secondary N) is 1. The summed E-state index contributed by atoms with van der Waals surface area (Å²) in [7, 11) is 0. The lowest BCUT2D eigenvalue weighted by Crippen LogP contribution is -2.07. The van der Waals surface area contributed by atoms with E-state index in [4.69, 9.17) is 0 Å². The molecule has 0 spiro atoms. The summed E-state index contributed by atoms with van der Waals surface area (Å²) < 4.78 is 0. The van der Waals surface area contributed by atoms with Gasteiger partial charge in [-0.25, -0.2) is 0 Å². The maximum atomic E-state index is 12.0. The fourth-order valence-corrected chi connectivity index (χ4v) is 2.55. The maximum absolute atomic E-state index is 12.0. The van der Waals surface area contributed by atoms with Crippen LogP contribution in [0.4, 0.5) is 5.69 Å². The van der Waals surface area contributed by atoms with E-state index in [1.807, 2.05) is 60.0 Å². The van der Waals surface area contributed by atoms with Gasteiger partial charge in [-0.3, -0.25) is 9.78 Å². The average molecular weight is 330 g/mol. The van der Waals surface area contributed by atoms with Crippen LogP contribution in [0.5, 0.6) is 0 Å². The Kier molecular flexibility index (Phi) is 5.18. The number of amides is 1. The SMILES string of the molecule is O=C(/C=C/c1ccccn1)Nc1cccc(C#Cc2cccs2)c1. The van der Waals surface area contributed by atoms with E-state index in [2.05, 4.69) is 22.1 Å². The van der Waals surface area contributed by atoms with Gasteiger partial charge in [0.05, 0.1) is 10.6 Å². The van der Waals surface area contributed by atoms with Crippen LogP contribution in [-0.2, 0) is 4.79 Å². The van der Waals surface area contributed by atoms with Crippen molar-refractivity contribution in [2.45, 2.75) is 0 Å². The molecule has 24 heavy (non-hydrogen) atoms. The van der Waals surface area contributed by atoms with Crippen molar-refractivity contribution in [3.8, 4) is 11.8 Å². The van der Waals surface area contributed by atoms with E-state index >= 15 is 0 Å². The van der Waals surface area contributed by atoms with E-state index in [1.165, 1.54) is 6.08 Å². The second-order valence-electron chi connectivity index (χ2n) is 4.89. The van der Waals surface area contributed by atoms with Crippen LogP contribution in [0.1, 0.15) is 16.1 Å². The number of anilines is 1. The Morgan fingerprint density at radius 3 is 2.83 bits per heavy atom. The molecule has 116 valence electrons. The van der Waals surface area contributed by atoms with Gasteiger partial charge in [-0.1, -0.05) is 30.0 Å². The molecule has 0 bridgehead atoms. The zero-order chi connectivity index (χ0) is 16.6. The molecule has 0 saturated carbocycles. The van der Waals surface area contributed by atoms with Gasteiger partial charge in [0.2, 0.25) is 5.91 Å². The minimum Gasteiger partial charge on any atom is -0.322 e. The normalized spacial score (nSPS) is 10.2. The van der Waals surface area contributed by atoms with Gasteiger partial charge in [0.15, 0.2) is 0 Å². The van der Waals surface area contributed by atoms with Crippen LogP contribution in [0.15, 0.2) is 72.3 Å². The number of nitrogens with zero attached hydrogens (tertiary/aromatic N) is 1. The van der Waals surface area contributed by atoms with Gasteiger partial charge in [0, 0.05) is 23.5 Å². The summed E-state index contributed by atoms with van der Waals surface area (Å²) in [6.07, 6.45) is 4.83. The number of thiophene rings is 1. The fourth-order valence-electron chi connectivity index (χ4n) is 1.98. The van der Waals surface area contributed by atoms with E-state index in [0.29, 0.717) is 5.69 Å². The number of pyridine rings is 1. The van der Waals surface area contributed by atoms with Crippen LogP contribution in [-0.4, -0.2) is 10.9 Å². The highest BCUT2D eigenvalue weighted by molar-refractivity contribution is 7.10. The summed E-state index contributed by atoms with van der Waals surface area (Å²) in [4.78, 5) is 17.1. The van der Waals surface area contributed by atoms with Gasteiger partial charge in [0.1, 0.15) is 0 Å². The predicted octanol–water partition coefficient (Wildman–Crippen LogP) is 4.19. The first-order valence-corrected chi connectivity index (χ1v) is 8.23. The molecule has 0 atom stereocenters. The zero-order valence-electron chi connectivity index (χ0n) is 12.8. The third kappa shape index (κ3) is 4.67. The highest BCUT2D eigenvalue weighted by Gasteiger charge is 1.99. The minimum atomic E-state index is -0.205. The monoisotopic (exact) mass is 330 g/mol. The summed E-state index contributed by atoms with van der Waals surface area (Å²) >= 11 is 1.60. The predicted molar refractivity (Wildman–Crippen MR) is 98.6 cm³/mol. The molecular weight excluding hydrogens is 316 g/mol. The molecule has 3 rings (SSSR count). The fraction of sp³-hybridized carbons (Fsp3) is 0. The van der Waals surface area contributed by atoms with Crippen molar-refractivity contribution in [1.82, 2.24) is 4.98 Å². The first kappa shape index (κ1) is 15.7. The third-order valence-electron chi connectivity index (χ3n) is 3.07. The van der Waals surface area contributed by atoms with E-state index in [1.54, 1.807) is 23.6 Å². The molecule has 1 amide bonds. The maximum Gasteiger partial charge on any atom is 0.248 e. The first-order chi connectivity index (χ1) is 11.8. The van der Waals surface area contributed by atoms with Gasteiger partial charge in [-0.2, -0.15) is 0 Å². The summed E-state index contributed by atoms with van der Waals surface area (Å²) in [6, 6.07) is 17.0. The number of hydrogen-bond donors (Lipinski definition) is 1. The van der Waals surface area contributed by atoms with Crippen molar-refractivity contribution >= 4 is 29.0 Å². The average Bonchev–Trinajstić information content (AvgIpc) is 3.13. The summed E-state index contributed by atoms with van der Waals surface area (Å²) in [6.45, 7) is 0. The van der Waals surface area contributed by atoms with Crippen molar-refractivity contribution in [2.24, 2.45) is 0 Å². The molecule has 4 heteroatoms. The molecule has 0 aliphatic heterocycles. The summed E-state index contributed by atoms with van der Waals surface area (Å²) in [5.41, 5.74) is 2.31. The van der Waals surface area contributed by atoms with E-state index < -0.39 is 0 Å². The molecule has 1 N–H and O–H groups in total. The number of benzene rings is 1. The minimum absolute atomic E-state index is 0.205. The van der Waals surface area contributed by atoms with E-state index in [0.717, 1.165) is 16.1 Å². The Hall–Kier alpha value is -3.16. The largest absolute Gasteiger partial charge is 0.322 e. The number of rotatable bonds is 3. The number of carbonyl (C=O) groups excluding carboxylic acids is 1. The van der Waals surface area contributed by atoms with Gasteiger partial charge >= 0.3 is 0 Å². The Labute approximate surface area is 144 Å². The topological polar surface area (TPSA) is 42.0 Å². The van der Waals surface area contributed by atoms with Gasteiger partial charge in [-0.15, -0.1) is 11.3 Å². The summed E-state index contributed by atoms with van der Waals surface area (Å²) in [5, 5.41) is 4.82. The molecule has 3 aromatic rings. The highest BCUT2D eigenvalue weighted by atomic mass is 32.1. The van der Waals surface area contributed by atoms with E-state index in [-0.39, 0.29) is 5.91 Å². The molecular formula is C20H14N2OS. The van der Waals surface area contributed by atoms with Crippen molar-refractivity contribution in [2.75, 3.05) is 5.32 Å². The van der Waals surface area contributed by atoms with Crippen LogP contribution in [0.25, 0.3) is 6.08 Å². The Morgan fingerprint density at radius 1 is 1.08 bits per heavy atom. The van der Waals surface area contributed by atoms with Crippen LogP contribution >= 0.6 is 11.3 Å². The Balaban J connectivity index is 1.66. The second kappa shape index (κ2) is 7.91. The molecule has 0 unspecified atom stereocenters. The molecule has 2 aromatic heterocycles. The van der Waals surface area contributed by atoms with Crippen molar-refractivity contribution in [3.63, 3.8) is 0 Å². The lowest BCUT2D eigenvalue weighted by Gasteiger charge is -2.02. The van der Waals surface area contributed by atoms with Crippen molar-refractivity contribution in [3.05, 3.63) is 88.4 Å². The van der Waals surface area contributed by atoms with Crippen LogP contribution < -0.4 is 5.32 Å². The summed E-state index contributed by atoms with van der Waals surface area (Å²) in [5.74, 6) is 6.00. The van der Waals surface area contributed by atoms with Crippen molar-refractivity contribution in [1.29, 1.82) is 0 Å².